The van der Waals surface area contributed by atoms with Crippen LogP contribution in [-0.2, 0) is 4.79 Å². The molecular formula is C20H30N6O. The lowest BCUT2D eigenvalue weighted by atomic mass is 10.0. The zero-order valence-electron chi connectivity index (χ0n) is 16.4. The predicted octanol–water partition coefficient (Wildman–Crippen LogP) is 2.80. The van der Waals surface area contributed by atoms with Gasteiger partial charge >= 0.3 is 0 Å². The molecule has 1 fully saturated rings. The van der Waals surface area contributed by atoms with Gasteiger partial charge in [-0.2, -0.15) is 0 Å². The molecule has 0 bridgehead atoms. The standard InChI is InChI=1S/C20H30N6O/c1-3-4-6-9-22-19(27)18(25-11-7-5-8-12-25)17-14-16(2)23-20(24-17)26-13-10-21-15-26/h10,13-15,18H,3-9,11-12H2,1-2H3,(H,22,27). The van der Waals surface area contributed by atoms with Gasteiger partial charge in [0.15, 0.2) is 0 Å². The molecule has 3 heterocycles. The SMILES string of the molecule is CCCCCNC(=O)C(c1cc(C)nc(-n2ccnc2)n1)N1CCCCC1. The van der Waals surface area contributed by atoms with E-state index in [-0.39, 0.29) is 11.9 Å². The zero-order valence-corrected chi connectivity index (χ0v) is 16.4. The van der Waals surface area contributed by atoms with Crippen LogP contribution in [0.15, 0.2) is 24.8 Å². The van der Waals surface area contributed by atoms with Crippen molar-refractivity contribution < 1.29 is 4.79 Å². The van der Waals surface area contributed by atoms with Crippen molar-refractivity contribution >= 4 is 5.91 Å². The average molecular weight is 371 g/mol. The summed E-state index contributed by atoms with van der Waals surface area (Å²) in [7, 11) is 0. The van der Waals surface area contributed by atoms with Crippen molar-refractivity contribution in [3.05, 3.63) is 36.2 Å². The second kappa shape index (κ2) is 9.60. The van der Waals surface area contributed by atoms with E-state index in [2.05, 4.69) is 27.1 Å². The van der Waals surface area contributed by atoms with Crippen molar-refractivity contribution in [2.24, 2.45) is 0 Å². The molecule has 0 saturated carbocycles. The minimum absolute atomic E-state index is 0.0442. The van der Waals surface area contributed by atoms with Crippen molar-refractivity contribution in [2.75, 3.05) is 19.6 Å². The number of aromatic nitrogens is 4. The fraction of sp³-hybridized carbons (Fsp3) is 0.600. The second-order valence-corrected chi connectivity index (χ2v) is 7.20. The van der Waals surface area contributed by atoms with Crippen molar-refractivity contribution in [1.29, 1.82) is 0 Å². The van der Waals surface area contributed by atoms with Crippen molar-refractivity contribution in [1.82, 2.24) is 29.7 Å². The van der Waals surface area contributed by atoms with Gasteiger partial charge in [0.2, 0.25) is 11.9 Å². The molecule has 0 aromatic carbocycles. The van der Waals surface area contributed by atoms with Crippen molar-refractivity contribution in [3.63, 3.8) is 0 Å². The summed E-state index contributed by atoms with van der Waals surface area (Å²) in [4.78, 5) is 28.7. The van der Waals surface area contributed by atoms with Crippen LogP contribution < -0.4 is 5.32 Å². The van der Waals surface area contributed by atoms with Gasteiger partial charge in [0, 0.05) is 24.6 Å². The minimum atomic E-state index is -0.365. The van der Waals surface area contributed by atoms with Gasteiger partial charge in [-0.05, 0) is 45.3 Å². The molecule has 7 nitrogen and oxygen atoms in total. The summed E-state index contributed by atoms with van der Waals surface area (Å²) in [6, 6.07) is 1.57. The Labute approximate surface area is 161 Å². The van der Waals surface area contributed by atoms with Crippen LogP contribution in [0.5, 0.6) is 0 Å². The van der Waals surface area contributed by atoms with Gasteiger partial charge in [-0.3, -0.25) is 14.3 Å². The van der Waals surface area contributed by atoms with Crippen LogP contribution in [-0.4, -0.2) is 50.0 Å². The summed E-state index contributed by atoms with van der Waals surface area (Å²) in [5.74, 6) is 0.603. The first-order chi connectivity index (χ1) is 13.2. The fourth-order valence-electron chi connectivity index (χ4n) is 3.56. The molecule has 2 aromatic heterocycles. The molecule has 0 radical (unpaired) electrons. The molecule has 1 N–H and O–H groups in total. The molecule has 1 saturated heterocycles. The number of hydrogen-bond donors (Lipinski definition) is 1. The summed E-state index contributed by atoms with van der Waals surface area (Å²) >= 11 is 0. The van der Waals surface area contributed by atoms with Gasteiger partial charge in [0.25, 0.3) is 0 Å². The van der Waals surface area contributed by atoms with Gasteiger partial charge in [-0.25, -0.2) is 15.0 Å². The third kappa shape index (κ3) is 5.13. The Bertz CT molecular complexity index is 724. The largest absolute Gasteiger partial charge is 0.354 e. The maximum atomic E-state index is 13.1. The number of nitrogens with zero attached hydrogens (tertiary/aromatic N) is 5. The van der Waals surface area contributed by atoms with Gasteiger partial charge in [-0.15, -0.1) is 0 Å². The quantitative estimate of drug-likeness (QED) is 0.723. The van der Waals surface area contributed by atoms with Gasteiger partial charge in [-0.1, -0.05) is 26.2 Å². The van der Waals surface area contributed by atoms with Crippen LogP contribution in [0.2, 0.25) is 0 Å². The number of imidazole rings is 1. The molecular weight excluding hydrogens is 340 g/mol. The molecule has 1 atom stereocenters. The fourth-order valence-corrected chi connectivity index (χ4v) is 3.56. The molecule has 1 unspecified atom stereocenters. The molecule has 0 aliphatic carbocycles. The number of unbranched alkanes of at least 4 members (excludes halogenated alkanes) is 2. The van der Waals surface area contributed by atoms with E-state index in [9.17, 15) is 4.79 Å². The molecule has 2 aromatic rings. The lowest BCUT2D eigenvalue weighted by Gasteiger charge is -2.33. The number of carbonyl (C=O) groups excluding carboxylic acids is 1. The number of aryl methyl sites for hydroxylation is 1. The van der Waals surface area contributed by atoms with E-state index >= 15 is 0 Å². The van der Waals surface area contributed by atoms with E-state index in [4.69, 9.17) is 4.98 Å². The summed E-state index contributed by atoms with van der Waals surface area (Å²) in [6.45, 7) is 6.68. The Morgan fingerprint density at radius 1 is 1.22 bits per heavy atom. The van der Waals surface area contributed by atoms with Gasteiger partial charge in [0.1, 0.15) is 12.4 Å². The summed E-state index contributed by atoms with van der Waals surface area (Å²) in [5.41, 5.74) is 1.62. The monoisotopic (exact) mass is 370 g/mol. The number of likely N-dealkylation sites (tertiary alicyclic amines) is 1. The van der Waals surface area contributed by atoms with Crippen molar-refractivity contribution in [3.8, 4) is 5.95 Å². The Kier molecular flexibility index (Phi) is 6.92. The average Bonchev–Trinajstić information content (AvgIpc) is 3.21. The van der Waals surface area contributed by atoms with E-state index in [1.807, 2.05) is 19.2 Å². The highest BCUT2D eigenvalue weighted by atomic mass is 16.2. The van der Waals surface area contributed by atoms with E-state index in [1.54, 1.807) is 17.1 Å². The Morgan fingerprint density at radius 2 is 2.04 bits per heavy atom. The summed E-state index contributed by atoms with van der Waals surface area (Å²) in [5, 5.41) is 3.13. The number of carbonyl (C=O) groups is 1. The highest BCUT2D eigenvalue weighted by molar-refractivity contribution is 5.82. The maximum absolute atomic E-state index is 13.1. The number of hydrogen-bond acceptors (Lipinski definition) is 5. The molecule has 146 valence electrons. The van der Waals surface area contributed by atoms with Crippen LogP contribution >= 0.6 is 0 Å². The molecule has 1 aliphatic rings. The molecule has 7 heteroatoms. The van der Waals surface area contributed by atoms with Crippen molar-refractivity contribution in [2.45, 2.75) is 58.4 Å². The second-order valence-electron chi connectivity index (χ2n) is 7.20. The Balaban J connectivity index is 1.86. The topological polar surface area (TPSA) is 75.9 Å². The van der Waals surface area contributed by atoms with Crippen LogP contribution in [0.25, 0.3) is 5.95 Å². The van der Waals surface area contributed by atoms with Crippen LogP contribution in [0.3, 0.4) is 0 Å². The summed E-state index contributed by atoms with van der Waals surface area (Å²) in [6.07, 6.45) is 12.0. The number of rotatable bonds is 8. The zero-order chi connectivity index (χ0) is 19.1. The van der Waals surface area contributed by atoms with Gasteiger partial charge < -0.3 is 5.32 Å². The Hall–Kier alpha value is -2.28. The van der Waals surface area contributed by atoms with Crippen LogP contribution in [0, 0.1) is 6.92 Å². The third-order valence-electron chi connectivity index (χ3n) is 4.96. The molecule has 27 heavy (non-hydrogen) atoms. The minimum Gasteiger partial charge on any atom is -0.354 e. The van der Waals surface area contributed by atoms with Gasteiger partial charge in [0.05, 0.1) is 5.69 Å². The number of piperidine rings is 1. The van der Waals surface area contributed by atoms with E-state index in [1.165, 1.54) is 6.42 Å². The molecule has 3 rings (SSSR count). The molecule has 1 amide bonds. The first kappa shape index (κ1) is 19.5. The highest BCUT2D eigenvalue weighted by Gasteiger charge is 2.30. The third-order valence-corrected chi connectivity index (χ3v) is 4.96. The van der Waals surface area contributed by atoms with Crippen LogP contribution in [0.1, 0.15) is 62.9 Å². The first-order valence-electron chi connectivity index (χ1n) is 10.0. The highest BCUT2D eigenvalue weighted by Crippen LogP contribution is 2.25. The van der Waals surface area contributed by atoms with Crippen LogP contribution in [0.4, 0.5) is 0 Å². The lowest BCUT2D eigenvalue weighted by Crippen LogP contribution is -2.43. The predicted molar refractivity (Wildman–Crippen MR) is 105 cm³/mol. The Morgan fingerprint density at radius 3 is 2.74 bits per heavy atom. The number of amides is 1. The summed E-state index contributed by atoms with van der Waals surface area (Å²) < 4.78 is 1.78. The maximum Gasteiger partial charge on any atom is 0.243 e. The normalized spacial score (nSPS) is 16.2. The number of nitrogens with one attached hydrogen (secondary N) is 1. The van der Waals surface area contributed by atoms with E-state index in [0.717, 1.165) is 63.1 Å². The lowest BCUT2D eigenvalue weighted by molar-refractivity contribution is -0.127. The van der Waals surface area contributed by atoms with E-state index in [0.29, 0.717) is 5.95 Å². The van der Waals surface area contributed by atoms with E-state index < -0.39 is 0 Å². The molecule has 1 aliphatic heterocycles. The smallest absolute Gasteiger partial charge is 0.243 e. The first-order valence-corrected chi connectivity index (χ1v) is 10.0. The molecule has 0 spiro atoms.